The molecule has 1 heterocycles. The molecule has 1 aromatic rings. The van der Waals surface area contributed by atoms with Crippen molar-refractivity contribution in [3.8, 4) is 0 Å². The van der Waals surface area contributed by atoms with Crippen molar-refractivity contribution in [3.05, 3.63) is 35.9 Å². The second-order valence-corrected chi connectivity index (χ2v) is 5.54. The van der Waals surface area contributed by atoms with E-state index in [1.807, 2.05) is 23.1 Å². The Kier molecular flexibility index (Phi) is 5.78. The number of ether oxygens (including phenoxy) is 1. The van der Waals surface area contributed by atoms with E-state index in [1.165, 1.54) is 12.7 Å². The van der Waals surface area contributed by atoms with Crippen molar-refractivity contribution in [1.82, 2.24) is 4.90 Å². The molecule has 0 saturated carbocycles. The molecule has 0 aromatic heterocycles. The molecule has 1 amide bonds. The molecular formula is C17H23NO3. The fraction of sp³-hybridized carbons (Fsp3) is 0.529. The number of piperidine rings is 1. The molecule has 114 valence electrons. The van der Waals surface area contributed by atoms with Gasteiger partial charge >= 0.3 is 5.97 Å². The second kappa shape index (κ2) is 7.81. The maximum Gasteiger partial charge on any atom is 0.310 e. The normalized spacial score (nSPS) is 18.3. The van der Waals surface area contributed by atoms with Crippen LogP contribution >= 0.6 is 0 Å². The molecule has 4 heteroatoms. The lowest BCUT2D eigenvalue weighted by molar-refractivity contribution is -0.149. The molecule has 0 unspecified atom stereocenters. The van der Waals surface area contributed by atoms with E-state index in [2.05, 4.69) is 12.1 Å². The van der Waals surface area contributed by atoms with Crippen LogP contribution in [0.15, 0.2) is 30.3 Å². The van der Waals surface area contributed by atoms with Crippen LogP contribution in [0.2, 0.25) is 0 Å². The van der Waals surface area contributed by atoms with Gasteiger partial charge in [0.05, 0.1) is 13.0 Å². The van der Waals surface area contributed by atoms with Gasteiger partial charge in [-0.1, -0.05) is 30.3 Å². The topological polar surface area (TPSA) is 46.6 Å². The third-order valence-electron chi connectivity index (χ3n) is 4.01. The van der Waals surface area contributed by atoms with Crippen LogP contribution in [0.4, 0.5) is 0 Å². The van der Waals surface area contributed by atoms with Gasteiger partial charge in [0.1, 0.15) is 0 Å². The lowest BCUT2D eigenvalue weighted by Crippen LogP contribution is -2.42. The summed E-state index contributed by atoms with van der Waals surface area (Å²) in [5, 5.41) is 0. The number of benzene rings is 1. The highest BCUT2D eigenvalue weighted by Crippen LogP contribution is 2.19. The number of hydrogen-bond acceptors (Lipinski definition) is 3. The molecule has 1 aliphatic heterocycles. The predicted octanol–water partition coefficient (Wildman–Crippen LogP) is 2.42. The van der Waals surface area contributed by atoms with Crippen molar-refractivity contribution in [2.45, 2.75) is 32.1 Å². The van der Waals surface area contributed by atoms with E-state index < -0.39 is 0 Å². The predicted molar refractivity (Wildman–Crippen MR) is 80.7 cm³/mol. The first-order chi connectivity index (χ1) is 10.2. The van der Waals surface area contributed by atoms with Gasteiger partial charge in [-0.15, -0.1) is 0 Å². The van der Waals surface area contributed by atoms with Gasteiger partial charge in [0.15, 0.2) is 0 Å². The van der Waals surface area contributed by atoms with Crippen LogP contribution < -0.4 is 0 Å². The minimum Gasteiger partial charge on any atom is -0.469 e. The van der Waals surface area contributed by atoms with Crippen LogP contribution in [-0.4, -0.2) is 37.0 Å². The molecule has 1 saturated heterocycles. The van der Waals surface area contributed by atoms with Crippen molar-refractivity contribution < 1.29 is 14.3 Å². The molecule has 0 aliphatic carbocycles. The van der Waals surface area contributed by atoms with E-state index in [-0.39, 0.29) is 17.8 Å². The summed E-state index contributed by atoms with van der Waals surface area (Å²) in [7, 11) is 1.41. The first-order valence-corrected chi connectivity index (χ1v) is 7.60. The minimum atomic E-state index is -0.197. The van der Waals surface area contributed by atoms with Crippen molar-refractivity contribution in [2.75, 3.05) is 20.2 Å². The standard InChI is InChI=1S/C17H23NO3/c1-21-17(20)15-10-6-12-18(13-15)16(19)11-5-9-14-7-3-2-4-8-14/h2-4,7-8,15H,5-6,9-13H2,1H3/t15-/m0/s1. The van der Waals surface area contributed by atoms with Crippen LogP contribution in [0.3, 0.4) is 0 Å². The molecule has 0 N–H and O–H groups in total. The number of likely N-dealkylation sites (tertiary alicyclic amines) is 1. The quantitative estimate of drug-likeness (QED) is 0.782. The van der Waals surface area contributed by atoms with Gasteiger partial charge in [0, 0.05) is 19.5 Å². The van der Waals surface area contributed by atoms with E-state index in [1.54, 1.807) is 0 Å². The molecule has 4 nitrogen and oxygen atoms in total. The van der Waals surface area contributed by atoms with E-state index in [0.29, 0.717) is 13.0 Å². The Hall–Kier alpha value is -1.84. The number of rotatable bonds is 5. The fourth-order valence-corrected chi connectivity index (χ4v) is 2.81. The summed E-state index contributed by atoms with van der Waals surface area (Å²) < 4.78 is 4.78. The third-order valence-corrected chi connectivity index (χ3v) is 4.01. The van der Waals surface area contributed by atoms with Crippen molar-refractivity contribution >= 4 is 11.9 Å². The summed E-state index contributed by atoms with van der Waals surface area (Å²) in [5.74, 6) is -0.196. The third kappa shape index (κ3) is 4.59. The molecule has 0 bridgehead atoms. The number of aryl methyl sites for hydroxylation is 1. The minimum absolute atomic E-state index is 0.151. The van der Waals surface area contributed by atoms with Gasteiger partial charge in [-0.2, -0.15) is 0 Å². The molecule has 21 heavy (non-hydrogen) atoms. The zero-order valence-corrected chi connectivity index (χ0v) is 12.6. The summed E-state index contributed by atoms with van der Waals surface area (Å²) in [6.45, 7) is 1.27. The van der Waals surface area contributed by atoms with Gasteiger partial charge in [-0.3, -0.25) is 9.59 Å². The number of methoxy groups -OCH3 is 1. The number of hydrogen-bond donors (Lipinski definition) is 0. The number of esters is 1. The van der Waals surface area contributed by atoms with Crippen LogP contribution in [0.1, 0.15) is 31.2 Å². The Morgan fingerprint density at radius 1 is 1.29 bits per heavy atom. The molecule has 1 fully saturated rings. The van der Waals surface area contributed by atoms with Gasteiger partial charge in [-0.25, -0.2) is 0 Å². The van der Waals surface area contributed by atoms with Crippen molar-refractivity contribution in [3.63, 3.8) is 0 Å². The van der Waals surface area contributed by atoms with Gasteiger partial charge in [0.2, 0.25) is 5.91 Å². The van der Waals surface area contributed by atoms with Crippen molar-refractivity contribution in [2.24, 2.45) is 5.92 Å². The lowest BCUT2D eigenvalue weighted by Gasteiger charge is -2.31. The Morgan fingerprint density at radius 3 is 2.76 bits per heavy atom. The van der Waals surface area contributed by atoms with E-state index in [4.69, 9.17) is 4.74 Å². The highest BCUT2D eigenvalue weighted by molar-refractivity contribution is 5.78. The maximum absolute atomic E-state index is 12.2. The first kappa shape index (κ1) is 15.5. The average molecular weight is 289 g/mol. The monoisotopic (exact) mass is 289 g/mol. The van der Waals surface area contributed by atoms with Crippen molar-refractivity contribution in [1.29, 1.82) is 0 Å². The van der Waals surface area contributed by atoms with E-state index in [9.17, 15) is 9.59 Å². The summed E-state index contributed by atoms with van der Waals surface area (Å²) >= 11 is 0. The van der Waals surface area contributed by atoms with Gasteiger partial charge in [0.25, 0.3) is 0 Å². The zero-order valence-electron chi connectivity index (χ0n) is 12.6. The van der Waals surface area contributed by atoms with Crippen LogP contribution in [0.5, 0.6) is 0 Å². The number of nitrogens with zero attached hydrogens (tertiary/aromatic N) is 1. The lowest BCUT2D eigenvalue weighted by atomic mass is 9.97. The number of carbonyl (C=O) groups excluding carboxylic acids is 2. The summed E-state index contributed by atoms with van der Waals surface area (Å²) in [5.41, 5.74) is 1.26. The molecule has 1 atom stereocenters. The molecule has 0 radical (unpaired) electrons. The molecule has 0 spiro atoms. The average Bonchev–Trinajstić information content (AvgIpc) is 2.55. The fourth-order valence-electron chi connectivity index (χ4n) is 2.81. The molecule has 1 aromatic carbocycles. The summed E-state index contributed by atoms with van der Waals surface area (Å²) in [6, 6.07) is 10.2. The number of amides is 1. The highest BCUT2D eigenvalue weighted by atomic mass is 16.5. The highest BCUT2D eigenvalue weighted by Gasteiger charge is 2.28. The van der Waals surface area contributed by atoms with Gasteiger partial charge in [-0.05, 0) is 31.2 Å². The first-order valence-electron chi connectivity index (χ1n) is 7.60. The summed E-state index contributed by atoms with van der Waals surface area (Å²) in [6.07, 6.45) is 4.01. The van der Waals surface area contributed by atoms with Crippen LogP contribution in [0, 0.1) is 5.92 Å². The summed E-state index contributed by atoms with van der Waals surface area (Å²) in [4.78, 5) is 25.6. The van der Waals surface area contributed by atoms with Gasteiger partial charge < -0.3 is 9.64 Å². The Labute approximate surface area is 126 Å². The number of carbonyl (C=O) groups is 2. The second-order valence-electron chi connectivity index (χ2n) is 5.54. The largest absolute Gasteiger partial charge is 0.469 e. The Bertz CT molecular complexity index is 472. The van der Waals surface area contributed by atoms with E-state index >= 15 is 0 Å². The molecule has 1 aliphatic rings. The van der Waals surface area contributed by atoms with E-state index in [0.717, 1.165) is 32.2 Å². The molecule has 2 rings (SSSR count). The molecular weight excluding hydrogens is 266 g/mol. The maximum atomic E-state index is 12.2. The Balaban J connectivity index is 1.76. The zero-order chi connectivity index (χ0) is 15.1. The Morgan fingerprint density at radius 2 is 2.05 bits per heavy atom. The van der Waals surface area contributed by atoms with Crippen LogP contribution in [-0.2, 0) is 20.7 Å². The SMILES string of the molecule is COC(=O)[C@H]1CCCN(C(=O)CCCc2ccccc2)C1. The smallest absolute Gasteiger partial charge is 0.310 e. The van der Waals surface area contributed by atoms with Crippen LogP contribution in [0.25, 0.3) is 0 Å².